The molecule has 3 heteroatoms. The van der Waals surface area contributed by atoms with Crippen molar-refractivity contribution in [3.8, 4) is 6.07 Å². The third kappa shape index (κ3) is 3.29. The lowest BCUT2D eigenvalue weighted by Crippen LogP contribution is -2.13. The fourth-order valence-electron chi connectivity index (χ4n) is 2.78. The third-order valence-corrected chi connectivity index (χ3v) is 4.78. The van der Waals surface area contributed by atoms with E-state index in [1.807, 2.05) is 0 Å². The van der Waals surface area contributed by atoms with E-state index in [-0.39, 0.29) is 0 Å². The number of rotatable bonds is 4. The molecule has 1 aromatic rings. The second-order valence-corrected chi connectivity index (χ2v) is 5.91. The van der Waals surface area contributed by atoms with Crippen molar-refractivity contribution in [1.82, 2.24) is 4.98 Å². The van der Waals surface area contributed by atoms with Crippen molar-refractivity contribution < 1.29 is 0 Å². The molecule has 1 aromatic heterocycles. The maximum absolute atomic E-state index is 8.65. The van der Waals surface area contributed by atoms with Crippen LogP contribution in [-0.2, 0) is 6.42 Å². The van der Waals surface area contributed by atoms with Crippen LogP contribution in [0.5, 0.6) is 0 Å². The SMILES string of the molecule is CCCC1CCC(c2nc(CC#N)cs2)CC1. The zero-order valence-electron chi connectivity index (χ0n) is 10.5. The zero-order valence-corrected chi connectivity index (χ0v) is 11.3. The first-order chi connectivity index (χ1) is 8.33. The molecule has 0 unspecified atom stereocenters. The lowest BCUT2D eigenvalue weighted by Gasteiger charge is -2.26. The van der Waals surface area contributed by atoms with Crippen LogP contribution in [0.15, 0.2) is 5.38 Å². The summed E-state index contributed by atoms with van der Waals surface area (Å²) in [7, 11) is 0. The quantitative estimate of drug-likeness (QED) is 0.797. The summed E-state index contributed by atoms with van der Waals surface area (Å²) in [6.45, 7) is 2.28. The molecule has 1 saturated carbocycles. The summed E-state index contributed by atoms with van der Waals surface area (Å²) in [6, 6.07) is 2.17. The van der Waals surface area contributed by atoms with Gasteiger partial charge in [0.2, 0.25) is 0 Å². The predicted octanol–water partition coefficient (Wildman–Crippen LogP) is 4.28. The highest BCUT2D eigenvalue weighted by molar-refractivity contribution is 7.09. The monoisotopic (exact) mass is 248 g/mol. The summed E-state index contributed by atoms with van der Waals surface area (Å²) in [4.78, 5) is 4.59. The van der Waals surface area contributed by atoms with Gasteiger partial charge in [0.05, 0.1) is 23.2 Å². The van der Waals surface area contributed by atoms with Gasteiger partial charge in [-0.25, -0.2) is 4.98 Å². The van der Waals surface area contributed by atoms with E-state index in [1.54, 1.807) is 11.3 Å². The van der Waals surface area contributed by atoms with Crippen LogP contribution in [0, 0.1) is 17.2 Å². The van der Waals surface area contributed by atoms with Gasteiger partial charge in [-0.1, -0.05) is 19.8 Å². The zero-order chi connectivity index (χ0) is 12.1. The first-order valence-corrected chi connectivity index (χ1v) is 7.52. The van der Waals surface area contributed by atoms with Gasteiger partial charge in [-0.15, -0.1) is 11.3 Å². The van der Waals surface area contributed by atoms with Crippen LogP contribution in [0.2, 0.25) is 0 Å². The number of hydrogen-bond donors (Lipinski definition) is 0. The van der Waals surface area contributed by atoms with Gasteiger partial charge in [-0.2, -0.15) is 5.26 Å². The molecule has 1 aliphatic carbocycles. The topological polar surface area (TPSA) is 36.7 Å². The molecule has 0 aliphatic heterocycles. The normalized spacial score (nSPS) is 24.5. The van der Waals surface area contributed by atoms with Crippen molar-refractivity contribution >= 4 is 11.3 Å². The summed E-state index contributed by atoms with van der Waals surface area (Å²) < 4.78 is 0. The van der Waals surface area contributed by atoms with E-state index >= 15 is 0 Å². The Bertz CT molecular complexity index is 383. The lowest BCUT2D eigenvalue weighted by atomic mass is 9.80. The minimum absolute atomic E-state index is 0.460. The summed E-state index contributed by atoms with van der Waals surface area (Å²) in [5.74, 6) is 1.62. The summed E-state index contributed by atoms with van der Waals surface area (Å²) in [5.41, 5.74) is 0.961. The minimum atomic E-state index is 0.460. The van der Waals surface area contributed by atoms with Crippen molar-refractivity contribution in [2.24, 2.45) is 5.92 Å². The molecule has 0 radical (unpaired) electrons. The molecule has 0 amide bonds. The maximum Gasteiger partial charge on any atom is 0.0959 e. The highest BCUT2D eigenvalue weighted by atomic mass is 32.1. The van der Waals surface area contributed by atoms with E-state index in [4.69, 9.17) is 5.26 Å². The van der Waals surface area contributed by atoms with Gasteiger partial charge in [0.15, 0.2) is 0 Å². The summed E-state index contributed by atoms with van der Waals surface area (Å²) in [6.07, 6.45) is 8.50. The second-order valence-electron chi connectivity index (χ2n) is 5.02. The molecule has 0 saturated heterocycles. The van der Waals surface area contributed by atoms with Crippen LogP contribution in [0.1, 0.15) is 62.1 Å². The third-order valence-electron chi connectivity index (χ3n) is 3.72. The Labute approximate surface area is 108 Å². The van der Waals surface area contributed by atoms with Gasteiger partial charge in [-0.05, 0) is 31.6 Å². The molecule has 17 heavy (non-hydrogen) atoms. The molecule has 0 bridgehead atoms. The Hall–Kier alpha value is -0.880. The van der Waals surface area contributed by atoms with Gasteiger partial charge in [0.25, 0.3) is 0 Å². The number of hydrogen-bond acceptors (Lipinski definition) is 3. The van der Waals surface area contributed by atoms with E-state index in [9.17, 15) is 0 Å². The Kier molecular flexibility index (Phi) is 4.56. The molecule has 1 aliphatic rings. The summed E-state index contributed by atoms with van der Waals surface area (Å²) >= 11 is 1.75. The van der Waals surface area contributed by atoms with Crippen molar-refractivity contribution in [3.05, 3.63) is 16.1 Å². The molecule has 0 atom stereocenters. The number of aromatic nitrogens is 1. The standard InChI is InChI=1S/C14H20N2S/c1-2-3-11-4-6-12(7-5-11)14-16-13(8-9-15)10-17-14/h10-12H,2-8H2,1H3. The molecule has 1 fully saturated rings. The molecule has 0 aromatic carbocycles. The van der Waals surface area contributed by atoms with E-state index in [0.717, 1.165) is 11.6 Å². The largest absolute Gasteiger partial charge is 0.245 e. The van der Waals surface area contributed by atoms with E-state index in [1.165, 1.54) is 43.5 Å². The average molecular weight is 248 g/mol. The van der Waals surface area contributed by atoms with Crippen LogP contribution < -0.4 is 0 Å². The second kappa shape index (κ2) is 6.16. The van der Waals surface area contributed by atoms with Gasteiger partial charge in [0.1, 0.15) is 0 Å². The Balaban J connectivity index is 1.89. The number of nitriles is 1. The molecule has 92 valence electrons. The number of thiazole rings is 1. The first-order valence-electron chi connectivity index (χ1n) is 6.64. The fraction of sp³-hybridized carbons (Fsp3) is 0.714. The van der Waals surface area contributed by atoms with Crippen LogP contribution in [0.4, 0.5) is 0 Å². The van der Waals surface area contributed by atoms with E-state index in [0.29, 0.717) is 12.3 Å². The van der Waals surface area contributed by atoms with Gasteiger partial charge in [0, 0.05) is 11.3 Å². The van der Waals surface area contributed by atoms with Gasteiger partial charge < -0.3 is 0 Å². The van der Waals surface area contributed by atoms with Crippen LogP contribution in [-0.4, -0.2) is 4.98 Å². The average Bonchev–Trinajstić information content (AvgIpc) is 2.80. The Morgan fingerprint density at radius 2 is 2.18 bits per heavy atom. The molecule has 1 heterocycles. The highest BCUT2D eigenvalue weighted by Crippen LogP contribution is 2.38. The minimum Gasteiger partial charge on any atom is -0.245 e. The van der Waals surface area contributed by atoms with Crippen molar-refractivity contribution in [2.75, 3.05) is 0 Å². The van der Waals surface area contributed by atoms with Gasteiger partial charge >= 0.3 is 0 Å². The molecular formula is C14H20N2S. The molecule has 0 spiro atoms. The number of nitrogens with zero attached hydrogens (tertiary/aromatic N) is 2. The predicted molar refractivity (Wildman–Crippen MR) is 71.0 cm³/mol. The molecule has 2 rings (SSSR count). The Morgan fingerprint density at radius 1 is 1.41 bits per heavy atom. The van der Waals surface area contributed by atoms with Crippen molar-refractivity contribution in [1.29, 1.82) is 5.26 Å². The van der Waals surface area contributed by atoms with E-state index < -0.39 is 0 Å². The fourth-order valence-corrected chi connectivity index (χ4v) is 3.77. The smallest absolute Gasteiger partial charge is 0.0959 e. The highest BCUT2D eigenvalue weighted by Gasteiger charge is 2.23. The lowest BCUT2D eigenvalue weighted by molar-refractivity contribution is 0.308. The summed E-state index contributed by atoms with van der Waals surface area (Å²) in [5, 5.41) is 12.0. The Morgan fingerprint density at radius 3 is 2.82 bits per heavy atom. The molecular weight excluding hydrogens is 228 g/mol. The van der Waals surface area contributed by atoms with Crippen molar-refractivity contribution in [2.45, 2.75) is 57.8 Å². The molecule has 0 N–H and O–H groups in total. The van der Waals surface area contributed by atoms with Crippen molar-refractivity contribution in [3.63, 3.8) is 0 Å². The van der Waals surface area contributed by atoms with Crippen LogP contribution in [0.3, 0.4) is 0 Å². The maximum atomic E-state index is 8.65. The molecule has 2 nitrogen and oxygen atoms in total. The van der Waals surface area contributed by atoms with E-state index in [2.05, 4.69) is 23.4 Å². The van der Waals surface area contributed by atoms with Crippen LogP contribution >= 0.6 is 11.3 Å². The first kappa shape index (κ1) is 12.6. The van der Waals surface area contributed by atoms with Gasteiger partial charge in [-0.3, -0.25) is 0 Å². The van der Waals surface area contributed by atoms with Crippen LogP contribution in [0.25, 0.3) is 0 Å².